The highest BCUT2D eigenvalue weighted by Crippen LogP contribution is 2.23. The van der Waals surface area contributed by atoms with Crippen LogP contribution in [-0.4, -0.2) is 20.9 Å². The molecule has 0 radical (unpaired) electrons. The zero-order chi connectivity index (χ0) is 13.2. The summed E-state index contributed by atoms with van der Waals surface area (Å²) >= 11 is 0. The molecule has 0 bridgehead atoms. The Balaban J connectivity index is 2.12. The van der Waals surface area contributed by atoms with E-state index in [1.807, 2.05) is 42.5 Å². The number of pyridine rings is 1. The smallest absolute Gasteiger partial charge is 0.232 e. The molecule has 1 unspecified atom stereocenters. The molecule has 2 aromatic heterocycles. The van der Waals surface area contributed by atoms with Crippen molar-refractivity contribution in [2.45, 2.75) is 5.92 Å². The van der Waals surface area contributed by atoms with Crippen LogP contribution >= 0.6 is 0 Å². The van der Waals surface area contributed by atoms with E-state index in [-0.39, 0.29) is 0 Å². The number of nitrogens with zero attached hydrogens (tertiary/aromatic N) is 2. The lowest BCUT2D eigenvalue weighted by Crippen LogP contribution is -2.23. The number of aromatic nitrogens is 3. The molecule has 3 N–H and O–H groups in total. The molecule has 0 saturated carbocycles. The van der Waals surface area contributed by atoms with Crippen LogP contribution in [0.1, 0.15) is 17.3 Å². The highest BCUT2D eigenvalue weighted by Gasteiger charge is 2.23. The van der Waals surface area contributed by atoms with Crippen LogP contribution in [0.25, 0.3) is 11.2 Å². The van der Waals surface area contributed by atoms with Crippen molar-refractivity contribution < 1.29 is 4.79 Å². The van der Waals surface area contributed by atoms with Crippen molar-refractivity contribution in [3.63, 3.8) is 0 Å². The second kappa shape index (κ2) is 4.53. The fraction of sp³-hybridized carbons (Fsp3) is 0.0714. The summed E-state index contributed by atoms with van der Waals surface area (Å²) in [6.45, 7) is 0. The van der Waals surface area contributed by atoms with Crippen LogP contribution in [0.4, 0.5) is 0 Å². The van der Waals surface area contributed by atoms with Crippen molar-refractivity contribution in [3.8, 4) is 0 Å². The predicted molar refractivity (Wildman–Crippen MR) is 71.4 cm³/mol. The first-order chi connectivity index (χ1) is 9.25. The first-order valence-corrected chi connectivity index (χ1v) is 5.90. The van der Waals surface area contributed by atoms with Gasteiger partial charge in [0.25, 0.3) is 0 Å². The third-order valence-corrected chi connectivity index (χ3v) is 2.97. The van der Waals surface area contributed by atoms with E-state index in [1.54, 1.807) is 6.20 Å². The normalized spacial score (nSPS) is 12.4. The molecule has 3 aromatic rings. The molecule has 94 valence electrons. The molecule has 0 aliphatic carbocycles. The minimum absolute atomic E-state index is 0.440. The van der Waals surface area contributed by atoms with Crippen LogP contribution in [0.5, 0.6) is 0 Å². The van der Waals surface area contributed by atoms with E-state index in [1.165, 1.54) is 0 Å². The second-order valence-corrected chi connectivity index (χ2v) is 4.24. The molecule has 0 aliphatic rings. The summed E-state index contributed by atoms with van der Waals surface area (Å²) in [5.74, 6) is -0.506. The van der Waals surface area contributed by atoms with Gasteiger partial charge in [-0.15, -0.1) is 0 Å². The van der Waals surface area contributed by atoms with E-state index in [9.17, 15) is 4.79 Å². The molecule has 5 nitrogen and oxygen atoms in total. The molecule has 1 atom stereocenters. The first-order valence-electron chi connectivity index (χ1n) is 5.90. The maximum Gasteiger partial charge on any atom is 0.232 e. The van der Waals surface area contributed by atoms with Gasteiger partial charge in [-0.25, -0.2) is 9.97 Å². The number of carbonyl (C=O) groups is 1. The van der Waals surface area contributed by atoms with Crippen LogP contribution in [0.3, 0.4) is 0 Å². The zero-order valence-corrected chi connectivity index (χ0v) is 10.1. The number of hydrogen-bond donors (Lipinski definition) is 2. The van der Waals surface area contributed by atoms with Gasteiger partial charge in [0.15, 0.2) is 5.65 Å². The average Bonchev–Trinajstić information content (AvgIpc) is 2.82. The van der Waals surface area contributed by atoms with Crippen molar-refractivity contribution in [2.75, 3.05) is 0 Å². The Labute approximate surface area is 109 Å². The molecule has 0 aliphatic heterocycles. The lowest BCUT2D eigenvalue weighted by atomic mass is 9.98. The molecule has 3 rings (SSSR count). The summed E-state index contributed by atoms with van der Waals surface area (Å²) < 4.78 is 0. The number of benzene rings is 1. The molecule has 0 saturated heterocycles. The molecule has 0 fully saturated rings. The lowest BCUT2D eigenvalue weighted by Gasteiger charge is -2.10. The Bertz CT molecular complexity index is 687. The molecular formula is C14H12N4O. The molecular weight excluding hydrogens is 240 g/mol. The summed E-state index contributed by atoms with van der Waals surface area (Å²) in [5.41, 5.74) is 7.69. The number of H-pyrrole nitrogens is 1. The van der Waals surface area contributed by atoms with Gasteiger partial charge in [0.2, 0.25) is 5.91 Å². The highest BCUT2D eigenvalue weighted by atomic mass is 16.1. The largest absolute Gasteiger partial charge is 0.369 e. The summed E-state index contributed by atoms with van der Waals surface area (Å²) in [4.78, 5) is 23.3. The number of nitrogens with two attached hydrogens (primary N) is 1. The number of carbonyl (C=O) groups excluding carboxylic acids is 1. The Morgan fingerprint density at radius 1 is 1.16 bits per heavy atom. The Morgan fingerprint density at radius 3 is 2.63 bits per heavy atom. The molecule has 1 amide bonds. The van der Waals surface area contributed by atoms with E-state index in [0.717, 1.165) is 11.1 Å². The van der Waals surface area contributed by atoms with Crippen molar-refractivity contribution in [2.24, 2.45) is 5.73 Å². The summed E-state index contributed by atoms with van der Waals surface area (Å²) in [5, 5.41) is 0. The SMILES string of the molecule is NC(=O)C(c1ccccc1)c1nc2ncccc2[nH]1. The van der Waals surface area contributed by atoms with E-state index >= 15 is 0 Å². The van der Waals surface area contributed by atoms with E-state index < -0.39 is 11.8 Å². The molecule has 2 heterocycles. The standard InChI is InChI=1S/C14H12N4O/c15-12(19)11(9-5-2-1-3-6-9)14-17-10-7-4-8-16-13(10)18-14/h1-8,11H,(H2,15,19)(H,16,17,18). The maximum atomic E-state index is 11.7. The summed E-state index contributed by atoms with van der Waals surface area (Å²) in [6, 6.07) is 13.0. The van der Waals surface area contributed by atoms with Gasteiger partial charge in [-0.2, -0.15) is 0 Å². The monoisotopic (exact) mass is 252 g/mol. The highest BCUT2D eigenvalue weighted by molar-refractivity contribution is 5.85. The van der Waals surface area contributed by atoms with Crippen LogP contribution in [0, 0.1) is 0 Å². The van der Waals surface area contributed by atoms with Crippen molar-refractivity contribution >= 4 is 17.1 Å². The van der Waals surface area contributed by atoms with Gasteiger partial charge in [0, 0.05) is 6.20 Å². The summed E-state index contributed by atoms with van der Waals surface area (Å²) in [6.07, 6.45) is 1.66. The van der Waals surface area contributed by atoms with E-state index in [2.05, 4.69) is 15.0 Å². The second-order valence-electron chi connectivity index (χ2n) is 4.24. The van der Waals surface area contributed by atoms with Crippen molar-refractivity contribution in [1.29, 1.82) is 0 Å². The first kappa shape index (κ1) is 11.4. The zero-order valence-electron chi connectivity index (χ0n) is 10.1. The topological polar surface area (TPSA) is 84.7 Å². The summed E-state index contributed by atoms with van der Waals surface area (Å²) in [7, 11) is 0. The lowest BCUT2D eigenvalue weighted by molar-refractivity contribution is -0.118. The Hall–Kier alpha value is -2.69. The number of imidazole rings is 1. The number of hydrogen-bond acceptors (Lipinski definition) is 3. The minimum atomic E-state index is -0.588. The third-order valence-electron chi connectivity index (χ3n) is 2.97. The van der Waals surface area contributed by atoms with Gasteiger partial charge in [-0.3, -0.25) is 4.79 Å². The van der Waals surface area contributed by atoms with Gasteiger partial charge in [-0.05, 0) is 17.7 Å². The number of amides is 1. The van der Waals surface area contributed by atoms with Crippen LogP contribution in [0.15, 0.2) is 48.7 Å². The predicted octanol–water partition coefficient (Wildman–Crippen LogP) is 1.58. The maximum absolute atomic E-state index is 11.7. The van der Waals surface area contributed by atoms with Gasteiger partial charge in [0.05, 0.1) is 5.52 Å². The number of aromatic amines is 1. The number of nitrogens with one attached hydrogen (secondary N) is 1. The number of rotatable bonds is 3. The Kier molecular flexibility index (Phi) is 2.72. The average molecular weight is 252 g/mol. The molecule has 0 spiro atoms. The number of primary amides is 1. The fourth-order valence-corrected chi connectivity index (χ4v) is 2.10. The fourth-order valence-electron chi connectivity index (χ4n) is 2.10. The van der Waals surface area contributed by atoms with Gasteiger partial charge in [0.1, 0.15) is 11.7 Å². The Morgan fingerprint density at radius 2 is 1.95 bits per heavy atom. The number of fused-ring (bicyclic) bond motifs is 1. The molecule has 19 heavy (non-hydrogen) atoms. The molecule has 1 aromatic carbocycles. The van der Waals surface area contributed by atoms with E-state index in [0.29, 0.717) is 11.5 Å². The minimum Gasteiger partial charge on any atom is -0.369 e. The van der Waals surface area contributed by atoms with Crippen LogP contribution < -0.4 is 5.73 Å². The van der Waals surface area contributed by atoms with Crippen molar-refractivity contribution in [3.05, 3.63) is 60.0 Å². The molecule has 5 heteroatoms. The van der Waals surface area contributed by atoms with Crippen LogP contribution in [0.2, 0.25) is 0 Å². The van der Waals surface area contributed by atoms with E-state index in [4.69, 9.17) is 5.73 Å². The van der Waals surface area contributed by atoms with Crippen molar-refractivity contribution in [1.82, 2.24) is 15.0 Å². The van der Waals surface area contributed by atoms with Gasteiger partial charge >= 0.3 is 0 Å². The quantitative estimate of drug-likeness (QED) is 0.742. The van der Waals surface area contributed by atoms with Gasteiger partial charge in [-0.1, -0.05) is 30.3 Å². The van der Waals surface area contributed by atoms with Gasteiger partial charge < -0.3 is 10.7 Å². The third kappa shape index (κ3) is 2.06. The van der Waals surface area contributed by atoms with Crippen LogP contribution in [-0.2, 0) is 4.79 Å².